The molecule has 0 aromatic heterocycles. The fourth-order valence-corrected chi connectivity index (χ4v) is 2.53. The Morgan fingerprint density at radius 3 is 2.88 bits per heavy atom. The maximum Gasteiger partial charge on any atom is 0.416 e. The van der Waals surface area contributed by atoms with Gasteiger partial charge in [-0.25, -0.2) is 0 Å². The number of benzene rings is 1. The zero-order valence-corrected chi connectivity index (χ0v) is 9.05. The summed E-state index contributed by atoms with van der Waals surface area (Å²) in [5.41, 5.74) is 0.206. The van der Waals surface area contributed by atoms with E-state index in [-0.39, 0.29) is 12.1 Å². The molecule has 1 aromatic rings. The summed E-state index contributed by atoms with van der Waals surface area (Å²) < 4.78 is 43.3. The van der Waals surface area contributed by atoms with Crippen LogP contribution in [0, 0.1) is 0 Å². The predicted molar refractivity (Wildman–Crippen MR) is 55.8 cm³/mol. The van der Waals surface area contributed by atoms with Gasteiger partial charge in [-0.3, -0.25) is 0 Å². The molecule has 2 heterocycles. The van der Waals surface area contributed by atoms with Crippen molar-refractivity contribution in [1.29, 1.82) is 0 Å². The van der Waals surface area contributed by atoms with E-state index in [9.17, 15) is 13.2 Å². The number of halogens is 3. The van der Waals surface area contributed by atoms with Gasteiger partial charge in [-0.2, -0.15) is 13.2 Å². The largest absolute Gasteiger partial charge is 0.488 e. The molecule has 92 valence electrons. The highest BCUT2D eigenvalue weighted by Gasteiger charge is 2.38. The van der Waals surface area contributed by atoms with E-state index in [1.807, 2.05) is 0 Å². The molecule has 2 atom stereocenters. The number of fused-ring (bicyclic) bond motifs is 3. The molecule has 0 bridgehead atoms. The molecule has 2 aliphatic rings. The minimum absolute atomic E-state index is 0.0118. The Kier molecular flexibility index (Phi) is 2.33. The van der Waals surface area contributed by atoms with Gasteiger partial charge >= 0.3 is 6.18 Å². The minimum Gasteiger partial charge on any atom is -0.488 e. The van der Waals surface area contributed by atoms with Crippen molar-refractivity contribution in [2.24, 2.45) is 0 Å². The predicted octanol–water partition coefficient (Wildman–Crippen LogP) is 2.89. The standard InChI is InChI=1S/C12H12F3NO/c13-12(14,15)7-3-4-8-10(6-7)17-9-2-1-5-16-11(8)9/h3-4,6,9,11,16H,1-2,5H2/t9-,11?/m0/s1. The Morgan fingerprint density at radius 2 is 2.12 bits per heavy atom. The number of hydrogen-bond donors (Lipinski definition) is 1. The normalized spacial score (nSPS) is 27.2. The molecular weight excluding hydrogens is 231 g/mol. The van der Waals surface area contributed by atoms with Gasteiger partial charge in [0.2, 0.25) is 0 Å². The first-order valence-electron chi connectivity index (χ1n) is 5.67. The Balaban J connectivity index is 1.97. The van der Waals surface area contributed by atoms with Crippen LogP contribution in [0.1, 0.15) is 30.0 Å². The van der Waals surface area contributed by atoms with Gasteiger partial charge in [0.25, 0.3) is 0 Å². The summed E-state index contributed by atoms with van der Waals surface area (Å²) in [4.78, 5) is 0. The van der Waals surface area contributed by atoms with Crippen LogP contribution in [0.2, 0.25) is 0 Å². The Morgan fingerprint density at radius 1 is 1.29 bits per heavy atom. The fourth-order valence-electron chi connectivity index (χ4n) is 2.53. The highest BCUT2D eigenvalue weighted by molar-refractivity contribution is 5.44. The maximum atomic E-state index is 12.6. The van der Waals surface area contributed by atoms with E-state index in [1.54, 1.807) is 0 Å². The van der Waals surface area contributed by atoms with Crippen LogP contribution in [0.3, 0.4) is 0 Å². The summed E-state index contributed by atoms with van der Waals surface area (Å²) >= 11 is 0. The Hall–Kier alpha value is -1.23. The van der Waals surface area contributed by atoms with Gasteiger partial charge in [-0.05, 0) is 31.5 Å². The average Bonchev–Trinajstić information content (AvgIpc) is 2.65. The number of nitrogens with one attached hydrogen (secondary N) is 1. The van der Waals surface area contributed by atoms with Crippen molar-refractivity contribution in [1.82, 2.24) is 5.32 Å². The third-order valence-corrected chi connectivity index (χ3v) is 3.36. The van der Waals surface area contributed by atoms with Crippen LogP contribution in [-0.4, -0.2) is 12.6 Å². The third-order valence-electron chi connectivity index (χ3n) is 3.36. The van der Waals surface area contributed by atoms with Crippen LogP contribution in [0.15, 0.2) is 18.2 Å². The molecule has 1 N–H and O–H groups in total. The van der Waals surface area contributed by atoms with Crippen molar-refractivity contribution in [2.75, 3.05) is 6.54 Å². The molecule has 17 heavy (non-hydrogen) atoms. The lowest BCUT2D eigenvalue weighted by molar-refractivity contribution is -0.137. The highest BCUT2D eigenvalue weighted by Crippen LogP contribution is 2.42. The van der Waals surface area contributed by atoms with Crippen LogP contribution in [0.4, 0.5) is 13.2 Å². The monoisotopic (exact) mass is 243 g/mol. The molecule has 2 aliphatic heterocycles. The second-order valence-corrected chi connectivity index (χ2v) is 4.48. The van der Waals surface area contributed by atoms with Crippen molar-refractivity contribution >= 4 is 0 Å². The number of rotatable bonds is 0. The van der Waals surface area contributed by atoms with Crippen molar-refractivity contribution in [3.05, 3.63) is 29.3 Å². The first kappa shape index (κ1) is 10.9. The van der Waals surface area contributed by atoms with Gasteiger partial charge in [0.05, 0.1) is 11.6 Å². The summed E-state index contributed by atoms with van der Waals surface area (Å²) in [6.45, 7) is 0.894. The van der Waals surface area contributed by atoms with E-state index in [0.29, 0.717) is 5.75 Å². The topological polar surface area (TPSA) is 21.3 Å². The third kappa shape index (κ3) is 1.78. The summed E-state index contributed by atoms with van der Waals surface area (Å²) in [5.74, 6) is 0.379. The van der Waals surface area contributed by atoms with E-state index in [2.05, 4.69) is 5.32 Å². The molecular formula is C12H12F3NO. The minimum atomic E-state index is -4.31. The molecule has 0 amide bonds. The second-order valence-electron chi connectivity index (χ2n) is 4.48. The van der Waals surface area contributed by atoms with Crippen LogP contribution in [0.25, 0.3) is 0 Å². The molecule has 1 saturated heterocycles. The van der Waals surface area contributed by atoms with E-state index in [0.717, 1.165) is 37.1 Å². The van der Waals surface area contributed by atoms with Gasteiger partial charge < -0.3 is 10.1 Å². The zero-order valence-electron chi connectivity index (χ0n) is 9.05. The van der Waals surface area contributed by atoms with Crippen LogP contribution in [-0.2, 0) is 6.18 Å². The smallest absolute Gasteiger partial charge is 0.416 e. The van der Waals surface area contributed by atoms with Crippen LogP contribution >= 0.6 is 0 Å². The van der Waals surface area contributed by atoms with E-state index in [4.69, 9.17) is 4.74 Å². The molecule has 5 heteroatoms. The zero-order chi connectivity index (χ0) is 12.0. The van der Waals surface area contributed by atoms with Gasteiger partial charge in [0.1, 0.15) is 11.9 Å². The van der Waals surface area contributed by atoms with Crippen LogP contribution in [0.5, 0.6) is 5.75 Å². The number of ether oxygens (including phenoxy) is 1. The maximum absolute atomic E-state index is 12.6. The molecule has 1 aromatic carbocycles. The summed E-state index contributed by atoms with van der Waals surface area (Å²) in [6, 6.07) is 3.82. The highest BCUT2D eigenvalue weighted by atomic mass is 19.4. The Bertz CT molecular complexity index is 444. The number of piperidine rings is 1. The number of hydrogen-bond acceptors (Lipinski definition) is 2. The quantitative estimate of drug-likeness (QED) is 0.756. The molecule has 0 aliphatic carbocycles. The van der Waals surface area contributed by atoms with Crippen molar-refractivity contribution in [3.8, 4) is 5.75 Å². The van der Waals surface area contributed by atoms with Gasteiger partial charge in [-0.15, -0.1) is 0 Å². The SMILES string of the molecule is FC(F)(F)c1ccc2c(c1)O[C@H]1CCCNC21. The molecule has 1 fully saturated rings. The molecule has 3 rings (SSSR count). The molecule has 1 unspecified atom stereocenters. The van der Waals surface area contributed by atoms with Gasteiger partial charge in [-0.1, -0.05) is 6.07 Å². The summed E-state index contributed by atoms with van der Waals surface area (Å²) in [7, 11) is 0. The Labute approximate surface area is 96.8 Å². The fraction of sp³-hybridized carbons (Fsp3) is 0.500. The summed E-state index contributed by atoms with van der Waals surface area (Å²) in [5, 5.41) is 3.29. The molecule has 0 saturated carbocycles. The first-order valence-corrected chi connectivity index (χ1v) is 5.67. The number of alkyl halides is 3. The van der Waals surface area contributed by atoms with Gasteiger partial charge in [0, 0.05) is 5.56 Å². The van der Waals surface area contributed by atoms with E-state index < -0.39 is 11.7 Å². The van der Waals surface area contributed by atoms with Crippen molar-refractivity contribution in [2.45, 2.75) is 31.2 Å². The lowest BCUT2D eigenvalue weighted by atomic mass is 9.96. The van der Waals surface area contributed by atoms with Crippen molar-refractivity contribution in [3.63, 3.8) is 0 Å². The van der Waals surface area contributed by atoms with Crippen molar-refractivity contribution < 1.29 is 17.9 Å². The molecule has 0 radical (unpaired) electrons. The van der Waals surface area contributed by atoms with E-state index >= 15 is 0 Å². The average molecular weight is 243 g/mol. The lowest BCUT2D eigenvalue weighted by Gasteiger charge is -2.25. The van der Waals surface area contributed by atoms with Crippen LogP contribution < -0.4 is 10.1 Å². The lowest BCUT2D eigenvalue weighted by Crippen LogP contribution is -2.36. The molecule has 0 spiro atoms. The second kappa shape index (κ2) is 3.63. The molecule has 2 nitrogen and oxygen atoms in total. The van der Waals surface area contributed by atoms with E-state index in [1.165, 1.54) is 6.07 Å². The first-order chi connectivity index (χ1) is 8.05. The van der Waals surface area contributed by atoms with Gasteiger partial charge in [0.15, 0.2) is 0 Å². The summed E-state index contributed by atoms with van der Waals surface area (Å²) in [6.07, 6.45) is -2.42.